The first-order chi connectivity index (χ1) is 6.27. The average Bonchev–Trinajstić information content (AvgIpc) is 2.48. The normalized spacial score (nSPS) is 29.0. The van der Waals surface area contributed by atoms with Crippen LogP contribution in [0, 0.1) is 18.3 Å². The van der Waals surface area contributed by atoms with Crippen molar-refractivity contribution in [3.8, 4) is 12.3 Å². The Morgan fingerprint density at radius 2 is 2.38 bits per heavy atom. The summed E-state index contributed by atoms with van der Waals surface area (Å²) in [6.45, 7) is 5.42. The largest absolute Gasteiger partial charge is 0.330 e. The number of likely N-dealkylation sites (tertiary alicyclic amines) is 1. The Bertz CT molecular complexity index is 183. The van der Waals surface area contributed by atoms with Gasteiger partial charge in [0.15, 0.2) is 0 Å². The molecule has 2 nitrogen and oxygen atoms in total. The maximum atomic E-state index is 5.65. The number of hydrogen-bond acceptors (Lipinski definition) is 2. The van der Waals surface area contributed by atoms with Gasteiger partial charge in [-0.3, -0.25) is 0 Å². The molecule has 2 atom stereocenters. The topological polar surface area (TPSA) is 29.3 Å². The Balaban J connectivity index is 2.23. The van der Waals surface area contributed by atoms with Gasteiger partial charge in [-0.05, 0) is 38.8 Å². The predicted octanol–water partition coefficient (Wildman–Crippen LogP) is 1.07. The highest BCUT2D eigenvalue weighted by Crippen LogP contribution is 2.21. The summed E-state index contributed by atoms with van der Waals surface area (Å²) in [7, 11) is 0. The first-order valence-electron chi connectivity index (χ1n) is 5.15. The van der Waals surface area contributed by atoms with E-state index in [4.69, 9.17) is 12.2 Å². The molecule has 13 heavy (non-hydrogen) atoms. The van der Waals surface area contributed by atoms with Gasteiger partial charge >= 0.3 is 0 Å². The van der Waals surface area contributed by atoms with Crippen molar-refractivity contribution in [3.05, 3.63) is 0 Å². The van der Waals surface area contributed by atoms with E-state index in [0.29, 0.717) is 12.0 Å². The van der Waals surface area contributed by atoms with Crippen LogP contribution in [-0.2, 0) is 0 Å². The second-order valence-corrected chi connectivity index (χ2v) is 3.99. The van der Waals surface area contributed by atoms with E-state index in [1.54, 1.807) is 0 Å². The molecule has 2 N–H and O–H groups in total. The molecule has 0 spiro atoms. The molecule has 0 aromatic heterocycles. The molecule has 74 valence electrons. The van der Waals surface area contributed by atoms with Crippen LogP contribution in [0.25, 0.3) is 0 Å². The molecule has 1 fully saturated rings. The Labute approximate surface area is 81.5 Å². The molecule has 1 aliphatic rings. The number of nitrogens with two attached hydrogens (primary N) is 1. The molecule has 2 unspecified atom stereocenters. The van der Waals surface area contributed by atoms with Crippen LogP contribution in [0.2, 0.25) is 0 Å². The lowest BCUT2D eigenvalue weighted by molar-refractivity contribution is 0.262. The number of unbranched alkanes of at least 4 members (excludes halogenated alkanes) is 1. The minimum Gasteiger partial charge on any atom is -0.330 e. The van der Waals surface area contributed by atoms with Crippen LogP contribution in [0.3, 0.4) is 0 Å². The summed E-state index contributed by atoms with van der Waals surface area (Å²) < 4.78 is 0. The fourth-order valence-corrected chi connectivity index (χ4v) is 2.08. The second-order valence-electron chi connectivity index (χ2n) is 3.99. The number of hydrogen-bond donors (Lipinski definition) is 1. The third-order valence-corrected chi connectivity index (χ3v) is 2.89. The molecule has 0 bridgehead atoms. The molecule has 1 rings (SSSR count). The molecule has 0 aromatic rings. The zero-order valence-corrected chi connectivity index (χ0v) is 8.50. The Morgan fingerprint density at radius 3 is 2.92 bits per heavy atom. The molecule has 1 heterocycles. The highest BCUT2D eigenvalue weighted by atomic mass is 15.2. The zero-order valence-electron chi connectivity index (χ0n) is 8.50. The van der Waals surface area contributed by atoms with Gasteiger partial charge in [-0.2, -0.15) is 0 Å². The quantitative estimate of drug-likeness (QED) is 0.518. The van der Waals surface area contributed by atoms with Gasteiger partial charge < -0.3 is 10.6 Å². The lowest BCUT2D eigenvalue weighted by Crippen LogP contribution is -2.28. The molecule has 1 aliphatic heterocycles. The van der Waals surface area contributed by atoms with Gasteiger partial charge in [0.25, 0.3) is 0 Å². The van der Waals surface area contributed by atoms with Gasteiger partial charge in [-0.25, -0.2) is 0 Å². The zero-order chi connectivity index (χ0) is 9.68. The van der Waals surface area contributed by atoms with Gasteiger partial charge in [0.05, 0.1) is 0 Å². The van der Waals surface area contributed by atoms with E-state index in [1.165, 1.54) is 13.0 Å². The average molecular weight is 180 g/mol. The number of terminal acetylenes is 1. The summed E-state index contributed by atoms with van der Waals surface area (Å²) in [4.78, 5) is 2.51. The molecule has 0 saturated carbocycles. The first kappa shape index (κ1) is 10.6. The van der Waals surface area contributed by atoms with E-state index in [1.807, 2.05) is 0 Å². The van der Waals surface area contributed by atoms with E-state index in [2.05, 4.69) is 17.7 Å². The van der Waals surface area contributed by atoms with Crippen LogP contribution in [0.15, 0.2) is 0 Å². The molecule has 0 aromatic carbocycles. The number of nitrogens with zero attached hydrogens (tertiary/aromatic N) is 1. The third-order valence-electron chi connectivity index (χ3n) is 2.89. The van der Waals surface area contributed by atoms with Crippen molar-refractivity contribution in [1.29, 1.82) is 0 Å². The highest BCUT2D eigenvalue weighted by Gasteiger charge is 2.26. The third kappa shape index (κ3) is 3.02. The van der Waals surface area contributed by atoms with Gasteiger partial charge in [0.1, 0.15) is 0 Å². The van der Waals surface area contributed by atoms with E-state index in [9.17, 15) is 0 Å². The second kappa shape index (κ2) is 5.26. The van der Waals surface area contributed by atoms with E-state index in [-0.39, 0.29) is 0 Å². The summed E-state index contributed by atoms with van der Waals surface area (Å²) in [5.74, 6) is 3.39. The maximum Gasteiger partial charge on any atom is 0.00982 e. The first-order valence-corrected chi connectivity index (χ1v) is 5.15. The molecular weight excluding hydrogens is 160 g/mol. The van der Waals surface area contributed by atoms with Crippen molar-refractivity contribution < 1.29 is 0 Å². The number of rotatable bonds is 4. The van der Waals surface area contributed by atoms with Gasteiger partial charge in [0, 0.05) is 19.0 Å². The Hall–Kier alpha value is -0.520. The van der Waals surface area contributed by atoms with Crippen LogP contribution in [-0.4, -0.2) is 30.6 Å². The van der Waals surface area contributed by atoms with Crippen LogP contribution in [0.4, 0.5) is 0 Å². The molecule has 0 aliphatic carbocycles. The fraction of sp³-hybridized carbons (Fsp3) is 0.818. The molecular formula is C11H20N2. The minimum atomic E-state index is 0.700. The van der Waals surface area contributed by atoms with Gasteiger partial charge in [-0.1, -0.05) is 0 Å². The summed E-state index contributed by atoms with van der Waals surface area (Å²) in [6.07, 6.45) is 8.49. The standard InChI is InChI=1S/C11H20N2/c1-3-4-5-6-13-9-11(8-12)7-10(13)2/h1,10-11H,4-9,12H2,2H3. The van der Waals surface area contributed by atoms with E-state index >= 15 is 0 Å². The summed E-state index contributed by atoms with van der Waals surface area (Å²) in [6, 6.07) is 0.700. The summed E-state index contributed by atoms with van der Waals surface area (Å²) in [5.41, 5.74) is 5.65. The van der Waals surface area contributed by atoms with Crippen molar-refractivity contribution in [2.45, 2.75) is 32.2 Å². The Morgan fingerprint density at radius 1 is 1.62 bits per heavy atom. The highest BCUT2D eigenvalue weighted by molar-refractivity contribution is 4.86. The van der Waals surface area contributed by atoms with Crippen LogP contribution in [0.1, 0.15) is 26.2 Å². The van der Waals surface area contributed by atoms with Gasteiger partial charge in [0.2, 0.25) is 0 Å². The summed E-state index contributed by atoms with van der Waals surface area (Å²) >= 11 is 0. The SMILES string of the molecule is C#CCCCN1CC(CN)CC1C. The van der Waals surface area contributed by atoms with Crippen LogP contribution >= 0.6 is 0 Å². The minimum absolute atomic E-state index is 0.700. The van der Waals surface area contributed by atoms with Crippen LogP contribution < -0.4 is 5.73 Å². The summed E-state index contributed by atoms with van der Waals surface area (Å²) in [5, 5.41) is 0. The van der Waals surface area contributed by atoms with Crippen LogP contribution in [0.5, 0.6) is 0 Å². The van der Waals surface area contributed by atoms with E-state index in [0.717, 1.165) is 25.9 Å². The smallest absolute Gasteiger partial charge is 0.00982 e. The van der Waals surface area contributed by atoms with Crippen molar-refractivity contribution in [2.75, 3.05) is 19.6 Å². The maximum absolute atomic E-state index is 5.65. The lowest BCUT2D eigenvalue weighted by Gasteiger charge is -2.20. The van der Waals surface area contributed by atoms with Gasteiger partial charge in [-0.15, -0.1) is 12.3 Å². The molecule has 2 heteroatoms. The Kier molecular flexibility index (Phi) is 4.27. The predicted molar refractivity (Wildman–Crippen MR) is 56.3 cm³/mol. The fourth-order valence-electron chi connectivity index (χ4n) is 2.08. The lowest BCUT2D eigenvalue weighted by atomic mass is 10.1. The van der Waals surface area contributed by atoms with Crippen molar-refractivity contribution >= 4 is 0 Å². The van der Waals surface area contributed by atoms with Crippen molar-refractivity contribution in [1.82, 2.24) is 4.90 Å². The monoisotopic (exact) mass is 180 g/mol. The molecule has 1 saturated heterocycles. The van der Waals surface area contributed by atoms with Crippen molar-refractivity contribution in [3.63, 3.8) is 0 Å². The molecule has 0 radical (unpaired) electrons. The van der Waals surface area contributed by atoms with Crippen molar-refractivity contribution in [2.24, 2.45) is 11.7 Å². The molecule has 0 amide bonds. The van der Waals surface area contributed by atoms with E-state index < -0.39 is 0 Å².